The summed E-state index contributed by atoms with van der Waals surface area (Å²) >= 11 is 8.08. The van der Waals surface area contributed by atoms with Crippen molar-refractivity contribution in [2.24, 2.45) is 0 Å². The highest BCUT2D eigenvalue weighted by atomic mass is 127. The molecule has 1 aliphatic rings. The molecule has 0 saturated carbocycles. The average Bonchev–Trinajstić information content (AvgIpc) is 2.71. The van der Waals surface area contributed by atoms with Crippen molar-refractivity contribution in [3.8, 4) is 0 Å². The van der Waals surface area contributed by atoms with E-state index < -0.39 is 5.60 Å². The zero-order chi connectivity index (χ0) is 14.0. The Morgan fingerprint density at radius 2 is 2.42 bits per heavy atom. The van der Waals surface area contributed by atoms with Crippen LogP contribution in [0, 0.1) is 3.57 Å². The van der Waals surface area contributed by atoms with Crippen LogP contribution in [0.3, 0.4) is 0 Å². The topological polar surface area (TPSA) is 58.6 Å². The number of hydrogen-bond acceptors (Lipinski definition) is 3. The summed E-state index contributed by atoms with van der Waals surface area (Å²) in [4.78, 5) is 12.0. The van der Waals surface area contributed by atoms with Gasteiger partial charge in [-0.05, 0) is 47.7 Å². The summed E-state index contributed by atoms with van der Waals surface area (Å²) in [6.07, 6.45) is 0.259. The quantitative estimate of drug-likeness (QED) is 0.772. The smallest absolute Gasteiger partial charge is 0.251 e. The lowest BCUT2D eigenvalue weighted by molar-refractivity contribution is -0.0251. The Morgan fingerprint density at radius 1 is 1.68 bits per heavy atom. The van der Waals surface area contributed by atoms with Gasteiger partial charge in [0, 0.05) is 28.7 Å². The first-order valence-electron chi connectivity index (χ1n) is 5.99. The Hall–Kier alpha value is -0.370. The van der Waals surface area contributed by atoms with Crippen LogP contribution in [0.2, 0.25) is 5.02 Å². The molecule has 0 bridgehead atoms. The zero-order valence-corrected chi connectivity index (χ0v) is 13.4. The molecule has 19 heavy (non-hydrogen) atoms. The number of carbonyl (C=O) groups excluding carboxylic acids is 1. The van der Waals surface area contributed by atoms with Crippen LogP contribution >= 0.6 is 34.2 Å². The summed E-state index contributed by atoms with van der Waals surface area (Å²) in [5.41, 5.74) is -0.497. The van der Waals surface area contributed by atoms with Crippen LogP contribution in [0.25, 0.3) is 0 Å². The Bertz CT molecular complexity index is 497. The lowest BCUT2D eigenvalue weighted by atomic mass is 9.96. The Kier molecular flexibility index (Phi) is 4.70. The summed E-state index contributed by atoms with van der Waals surface area (Å²) in [5.74, 6) is -0.245. The van der Waals surface area contributed by atoms with Crippen molar-refractivity contribution in [1.29, 1.82) is 0 Å². The second-order valence-corrected chi connectivity index (χ2v) is 6.25. The molecule has 2 rings (SSSR count). The first-order valence-corrected chi connectivity index (χ1v) is 7.45. The predicted octanol–water partition coefficient (Wildman–Crippen LogP) is 2.21. The zero-order valence-electron chi connectivity index (χ0n) is 10.5. The molecule has 0 radical (unpaired) electrons. The lowest BCUT2D eigenvalue weighted by Gasteiger charge is -2.26. The molecular weight excluding hydrogens is 381 g/mol. The molecule has 1 saturated heterocycles. The third-order valence-electron chi connectivity index (χ3n) is 3.40. The molecule has 4 nitrogen and oxygen atoms in total. The fraction of sp³-hybridized carbons (Fsp3) is 0.462. The molecule has 1 aromatic carbocycles. The van der Waals surface area contributed by atoms with E-state index in [0.717, 1.165) is 3.57 Å². The largest absolute Gasteiger partial charge is 0.385 e. The summed E-state index contributed by atoms with van der Waals surface area (Å²) < 4.78 is 6.21. The summed E-state index contributed by atoms with van der Waals surface area (Å²) in [5, 5.41) is 13.6. The first-order chi connectivity index (χ1) is 8.92. The Morgan fingerprint density at radius 3 is 3.00 bits per heavy atom. The minimum absolute atomic E-state index is 0.177. The van der Waals surface area contributed by atoms with Crippen molar-refractivity contribution >= 4 is 40.1 Å². The third-order valence-corrected chi connectivity index (χ3v) is 4.97. The predicted molar refractivity (Wildman–Crippen MR) is 81.5 cm³/mol. The summed E-state index contributed by atoms with van der Waals surface area (Å²) in [6, 6.07) is 5.12. The normalized spacial score (nSPS) is 26.4. The van der Waals surface area contributed by atoms with E-state index in [4.69, 9.17) is 16.3 Å². The van der Waals surface area contributed by atoms with E-state index in [1.54, 1.807) is 25.1 Å². The van der Waals surface area contributed by atoms with Crippen LogP contribution in [0.1, 0.15) is 23.7 Å². The van der Waals surface area contributed by atoms with E-state index in [1.807, 2.05) is 0 Å². The van der Waals surface area contributed by atoms with E-state index in [1.165, 1.54) is 0 Å². The highest BCUT2D eigenvalue weighted by Gasteiger charge is 2.39. The number of ether oxygens (including phenoxy) is 1. The molecule has 2 atom stereocenters. The van der Waals surface area contributed by atoms with Gasteiger partial charge in [0.2, 0.25) is 0 Å². The van der Waals surface area contributed by atoms with Crippen molar-refractivity contribution < 1.29 is 14.6 Å². The monoisotopic (exact) mass is 395 g/mol. The van der Waals surface area contributed by atoms with Gasteiger partial charge >= 0.3 is 0 Å². The molecule has 1 aromatic rings. The molecule has 0 aromatic heterocycles. The summed E-state index contributed by atoms with van der Waals surface area (Å²) in [6.45, 7) is 2.50. The standard InChI is InChI=1S/C13H15ClINO3/c1-8-13(18,4-5-19-8)7-16-12(17)9-2-3-11(15)10(14)6-9/h2-3,6,8,18H,4-5,7H2,1H3,(H,16,17). The molecule has 1 amide bonds. The van der Waals surface area contributed by atoms with Crippen LogP contribution in [0.5, 0.6) is 0 Å². The minimum Gasteiger partial charge on any atom is -0.385 e. The van der Waals surface area contributed by atoms with Gasteiger partial charge < -0.3 is 15.2 Å². The molecule has 1 fully saturated rings. The number of aliphatic hydroxyl groups is 1. The van der Waals surface area contributed by atoms with E-state index in [2.05, 4.69) is 27.9 Å². The van der Waals surface area contributed by atoms with Gasteiger partial charge in [-0.2, -0.15) is 0 Å². The molecular formula is C13H15ClINO3. The fourth-order valence-corrected chi connectivity index (χ4v) is 2.49. The Labute approximate surface area is 130 Å². The van der Waals surface area contributed by atoms with E-state index >= 15 is 0 Å². The van der Waals surface area contributed by atoms with Gasteiger partial charge in [0.05, 0.1) is 11.1 Å². The maximum absolute atomic E-state index is 12.0. The van der Waals surface area contributed by atoms with Crippen molar-refractivity contribution in [2.75, 3.05) is 13.2 Å². The van der Waals surface area contributed by atoms with Crippen molar-refractivity contribution in [3.63, 3.8) is 0 Å². The molecule has 1 heterocycles. The molecule has 2 N–H and O–H groups in total. The maximum Gasteiger partial charge on any atom is 0.251 e. The molecule has 6 heteroatoms. The molecule has 0 aliphatic carbocycles. The van der Waals surface area contributed by atoms with E-state index in [-0.39, 0.29) is 18.6 Å². The Balaban J connectivity index is 1.99. The number of carbonyl (C=O) groups is 1. The van der Waals surface area contributed by atoms with Crippen LogP contribution in [0.15, 0.2) is 18.2 Å². The average molecular weight is 396 g/mol. The van der Waals surface area contributed by atoms with Crippen LogP contribution in [-0.4, -0.2) is 35.9 Å². The number of nitrogens with one attached hydrogen (secondary N) is 1. The van der Waals surface area contributed by atoms with Gasteiger partial charge in [-0.25, -0.2) is 0 Å². The van der Waals surface area contributed by atoms with Crippen molar-refractivity contribution in [1.82, 2.24) is 5.32 Å². The molecule has 104 valence electrons. The van der Waals surface area contributed by atoms with Crippen molar-refractivity contribution in [3.05, 3.63) is 32.4 Å². The maximum atomic E-state index is 12.0. The second-order valence-electron chi connectivity index (χ2n) is 4.68. The van der Waals surface area contributed by atoms with Gasteiger partial charge in [0.1, 0.15) is 5.60 Å². The van der Waals surface area contributed by atoms with Gasteiger partial charge in [-0.3, -0.25) is 4.79 Å². The van der Waals surface area contributed by atoms with Gasteiger partial charge in [-0.1, -0.05) is 11.6 Å². The number of halogens is 2. The number of rotatable bonds is 3. The van der Waals surface area contributed by atoms with E-state index in [0.29, 0.717) is 23.6 Å². The van der Waals surface area contributed by atoms with Crippen LogP contribution in [0.4, 0.5) is 0 Å². The minimum atomic E-state index is -0.983. The van der Waals surface area contributed by atoms with Gasteiger partial charge in [0.25, 0.3) is 5.91 Å². The van der Waals surface area contributed by atoms with Gasteiger partial charge in [-0.15, -0.1) is 0 Å². The molecule has 0 spiro atoms. The van der Waals surface area contributed by atoms with Crippen LogP contribution < -0.4 is 5.32 Å². The SMILES string of the molecule is CC1OCCC1(O)CNC(=O)c1ccc(I)c(Cl)c1. The highest BCUT2D eigenvalue weighted by Crippen LogP contribution is 2.25. The second kappa shape index (κ2) is 5.95. The van der Waals surface area contributed by atoms with Crippen LogP contribution in [-0.2, 0) is 4.74 Å². The molecule has 1 aliphatic heterocycles. The third kappa shape index (κ3) is 3.39. The number of amides is 1. The lowest BCUT2D eigenvalue weighted by Crippen LogP contribution is -2.47. The van der Waals surface area contributed by atoms with Gasteiger partial charge in [0.15, 0.2) is 0 Å². The first kappa shape index (κ1) is 15.0. The number of benzene rings is 1. The molecule has 2 unspecified atom stereocenters. The van der Waals surface area contributed by atoms with E-state index in [9.17, 15) is 9.90 Å². The number of hydrogen-bond donors (Lipinski definition) is 2. The summed E-state index contributed by atoms with van der Waals surface area (Å²) in [7, 11) is 0. The van der Waals surface area contributed by atoms with Crippen molar-refractivity contribution in [2.45, 2.75) is 25.0 Å². The highest BCUT2D eigenvalue weighted by molar-refractivity contribution is 14.1. The fourth-order valence-electron chi connectivity index (χ4n) is 1.98.